The van der Waals surface area contributed by atoms with Crippen molar-refractivity contribution in [3.63, 3.8) is 0 Å². The molecule has 0 aliphatic carbocycles. The summed E-state index contributed by atoms with van der Waals surface area (Å²) < 4.78 is 33.8. The summed E-state index contributed by atoms with van der Waals surface area (Å²) in [5, 5.41) is 6.14. The first-order valence-electron chi connectivity index (χ1n) is 16.2. The normalized spacial score (nSPS) is 17.3. The fourth-order valence-electron chi connectivity index (χ4n) is 5.85. The van der Waals surface area contributed by atoms with Gasteiger partial charge < -0.3 is 24.2 Å². The molecular weight excluding hydrogens is 697 g/mol. The number of amides is 3. The van der Waals surface area contributed by atoms with E-state index < -0.39 is 27.9 Å². The van der Waals surface area contributed by atoms with E-state index in [0.29, 0.717) is 48.2 Å². The number of hydrogen-bond acceptors (Lipinski definition) is 9. The van der Waals surface area contributed by atoms with Gasteiger partial charge >= 0.3 is 5.97 Å². The molecule has 2 aliphatic rings. The lowest BCUT2D eigenvalue weighted by Gasteiger charge is -2.41. The quantitative estimate of drug-likeness (QED) is 0.254. The monoisotopic (exact) mass is 739 g/mol. The molecule has 2 fully saturated rings. The van der Waals surface area contributed by atoms with Crippen LogP contribution in [-0.2, 0) is 51.5 Å². The van der Waals surface area contributed by atoms with E-state index in [9.17, 15) is 27.6 Å². The predicted molar refractivity (Wildman–Crippen MR) is 183 cm³/mol. The van der Waals surface area contributed by atoms with Crippen LogP contribution in [0.4, 0.5) is 0 Å². The minimum Gasteiger partial charge on any atom is -0.465 e. The summed E-state index contributed by atoms with van der Waals surface area (Å²) in [5.41, 5.74) is 1.47. The van der Waals surface area contributed by atoms with Crippen molar-refractivity contribution in [2.45, 2.75) is 43.5 Å². The molecule has 49 heavy (non-hydrogen) atoms. The molecule has 3 amide bonds. The van der Waals surface area contributed by atoms with Crippen molar-refractivity contribution in [1.29, 1.82) is 0 Å². The molecule has 16 heteroatoms. The molecule has 2 aliphatic heterocycles. The Labute approximate surface area is 297 Å². The molecule has 1 atom stereocenters. The maximum absolute atomic E-state index is 14.0. The molecule has 2 aromatic carbocycles. The van der Waals surface area contributed by atoms with Crippen LogP contribution in [0.2, 0.25) is 10.0 Å². The second-order valence-corrected chi connectivity index (χ2v) is 14.3. The number of primary sulfonamides is 1. The highest BCUT2D eigenvalue weighted by Crippen LogP contribution is 2.23. The van der Waals surface area contributed by atoms with Crippen LogP contribution < -0.4 is 5.14 Å². The topological polar surface area (TPSA) is 160 Å². The maximum Gasteiger partial charge on any atom is 0.325 e. The molecule has 0 bridgehead atoms. The van der Waals surface area contributed by atoms with Crippen molar-refractivity contribution in [3.8, 4) is 0 Å². The summed E-state index contributed by atoms with van der Waals surface area (Å²) in [5.74, 6) is -1.75. The Kier molecular flexibility index (Phi) is 14.2. The van der Waals surface area contributed by atoms with Crippen molar-refractivity contribution in [1.82, 2.24) is 19.6 Å². The molecule has 0 radical (unpaired) electrons. The summed E-state index contributed by atoms with van der Waals surface area (Å²) in [6.45, 7) is 5.40. The second-order valence-electron chi connectivity index (χ2n) is 11.9. The standard InChI is InChI=1S/C33H43Cl2N5O8S/c1-2-48-32(43)23-38(14-10-24-4-8-27(9-5-24)49(36,45)46)30(41)21-29-33(44)39(15-11-25-6-7-26(34)20-28(25)35)22-31(42)40(29)13-3-12-37-16-18-47-19-17-37/h4-9,20,29H,2-3,10-19,21-23H2,1H3,(H2,36,45,46). The van der Waals surface area contributed by atoms with Crippen molar-refractivity contribution in [2.75, 3.05) is 72.2 Å². The molecule has 2 N–H and O–H groups in total. The molecule has 2 aromatic rings. The minimum absolute atomic E-state index is 0.0483. The molecule has 13 nitrogen and oxygen atoms in total. The Balaban J connectivity index is 1.51. The van der Waals surface area contributed by atoms with Gasteiger partial charge in [0, 0.05) is 49.3 Å². The number of benzene rings is 2. The number of carbonyl (C=O) groups excluding carboxylic acids is 4. The summed E-state index contributed by atoms with van der Waals surface area (Å²) in [6.07, 6.45) is 0.937. The van der Waals surface area contributed by atoms with E-state index in [1.807, 2.05) is 0 Å². The number of morpholine rings is 1. The largest absolute Gasteiger partial charge is 0.465 e. The van der Waals surface area contributed by atoms with E-state index in [2.05, 4.69) is 4.90 Å². The Morgan fingerprint density at radius 2 is 1.73 bits per heavy atom. The number of sulfonamides is 1. The van der Waals surface area contributed by atoms with Crippen LogP contribution in [0.3, 0.4) is 0 Å². The highest BCUT2D eigenvalue weighted by molar-refractivity contribution is 7.89. The van der Waals surface area contributed by atoms with Crippen molar-refractivity contribution >= 4 is 56.9 Å². The SMILES string of the molecule is CCOC(=O)CN(CCc1ccc(S(N)(=O)=O)cc1)C(=O)CC1C(=O)N(CCc2ccc(Cl)cc2Cl)CC(=O)N1CCCN1CCOCC1. The van der Waals surface area contributed by atoms with Crippen LogP contribution in [0.5, 0.6) is 0 Å². The van der Waals surface area contributed by atoms with Gasteiger partial charge in [-0.3, -0.25) is 24.1 Å². The van der Waals surface area contributed by atoms with Crippen LogP contribution in [0.25, 0.3) is 0 Å². The molecule has 1 unspecified atom stereocenters. The highest BCUT2D eigenvalue weighted by atomic mass is 35.5. The van der Waals surface area contributed by atoms with Gasteiger partial charge in [0.2, 0.25) is 27.7 Å². The van der Waals surface area contributed by atoms with E-state index in [1.54, 1.807) is 37.3 Å². The maximum atomic E-state index is 14.0. The molecule has 0 aromatic heterocycles. The Morgan fingerprint density at radius 3 is 2.39 bits per heavy atom. The first-order chi connectivity index (χ1) is 23.3. The summed E-state index contributed by atoms with van der Waals surface area (Å²) in [6, 6.07) is 9.92. The Bertz CT molecular complexity index is 1590. The minimum atomic E-state index is -3.87. The van der Waals surface area contributed by atoms with E-state index in [1.165, 1.54) is 26.8 Å². The lowest BCUT2D eigenvalue weighted by Crippen LogP contribution is -2.61. The average molecular weight is 741 g/mol. The third-order valence-electron chi connectivity index (χ3n) is 8.53. The number of esters is 1. The zero-order valence-corrected chi connectivity index (χ0v) is 29.9. The zero-order chi connectivity index (χ0) is 35.6. The van der Waals surface area contributed by atoms with Crippen molar-refractivity contribution < 1.29 is 37.1 Å². The number of ether oxygens (including phenoxy) is 2. The average Bonchev–Trinajstić information content (AvgIpc) is 3.06. The van der Waals surface area contributed by atoms with E-state index in [4.69, 9.17) is 37.8 Å². The third kappa shape index (κ3) is 11.4. The van der Waals surface area contributed by atoms with Gasteiger partial charge in [0.05, 0.1) is 37.7 Å². The predicted octanol–water partition coefficient (Wildman–Crippen LogP) is 1.97. The lowest BCUT2D eigenvalue weighted by atomic mass is 10.0. The molecule has 0 spiro atoms. The zero-order valence-electron chi connectivity index (χ0n) is 27.5. The van der Waals surface area contributed by atoms with E-state index in [0.717, 1.165) is 18.7 Å². The van der Waals surface area contributed by atoms with Gasteiger partial charge in [0.25, 0.3) is 0 Å². The van der Waals surface area contributed by atoms with Gasteiger partial charge in [-0.15, -0.1) is 0 Å². The summed E-state index contributed by atoms with van der Waals surface area (Å²) >= 11 is 12.4. The van der Waals surface area contributed by atoms with Crippen LogP contribution in [-0.4, -0.2) is 130 Å². The van der Waals surface area contributed by atoms with Crippen LogP contribution in [0.15, 0.2) is 47.4 Å². The molecule has 268 valence electrons. The van der Waals surface area contributed by atoms with Crippen LogP contribution >= 0.6 is 23.2 Å². The molecular formula is C33H43Cl2N5O8S. The summed E-state index contributed by atoms with van der Waals surface area (Å²) in [7, 11) is -3.87. The first-order valence-corrected chi connectivity index (χ1v) is 18.5. The molecule has 0 saturated carbocycles. The second kappa shape index (κ2) is 18.1. The number of halogens is 2. The number of hydrogen-bond donors (Lipinski definition) is 1. The highest BCUT2D eigenvalue weighted by Gasteiger charge is 2.41. The van der Waals surface area contributed by atoms with Crippen LogP contribution in [0, 0.1) is 0 Å². The van der Waals surface area contributed by atoms with Gasteiger partial charge in [-0.1, -0.05) is 41.4 Å². The number of carbonyl (C=O) groups is 4. The van der Waals surface area contributed by atoms with Gasteiger partial charge in [0.1, 0.15) is 12.6 Å². The van der Waals surface area contributed by atoms with E-state index >= 15 is 0 Å². The van der Waals surface area contributed by atoms with Gasteiger partial charge in [-0.25, -0.2) is 13.6 Å². The molecule has 2 heterocycles. The first kappa shape index (κ1) is 38.5. The number of nitrogens with two attached hydrogens (primary N) is 1. The lowest BCUT2D eigenvalue weighted by molar-refractivity contribution is -0.159. The fraction of sp³-hybridized carbons (Fsp3) is 0.515. The van der Waals surface area contributed by atoms with Crippen molar-refractivity contribution in [3.05, 3.63) is 63.6 Å². The van der Waals surface area contributed by atoms with Gasteiger partial charge in [0.15, 0.2) is 0 Å². The summed E-state index contributed by atoms with van der Waals surface area (Å²) in [4.78, 5) is 60.5. The molecule has 2 saturated heterocycles. The van der Waals surface area contributed by atoms with Crippen LogP contribution in [0.1, 0.15) is 30.9 Å². The van der Waals surface area contributed by atoms with Crippen molar-refractivity contribution in [2.24, 2.45) is 5.14 Å². The molecule has 4 rings (SSSR count). The Hall–Kier alpha value is -3.27. The van der Waals surface area contributed by atoms with E-state index in [-0.39, 0.29) is 68.9 Å². The number of rotatable bonds is 16. The number of piperazine rings is 1. The van der Waals surface area contributed by atoms with Gasteiger partial charge in [-0.05, 0) is 61.6 Å². The third-order valence-corrected chi connectivity index (χ3v) is 10.0. The number of nitrogens with zero attached hydrogens (tertiary/aromatic N) is 4. The van der Waals surface area contributed by atoms with Gasteiger partial charge in [-0.2, -0.15) is 0 Å². The smallest absolute Gasteiger partial charge is 0.325 e. The Morgan fingerprint density at radius 1 is 1.02 bits per heavy atom. The fourth-order valence-corrected chi connectivity index (χ4v) is 6.86.